The highest BCUT2D eigenvalue weighted by molar-refractivity contribution is 8.00. The molecule has 0 saturated heterocycles. The summed E-state index contributed by atoms with van der Waals surface area (Å²) in [5.41, 5.74) is 1.23. The van der Waals surface area contributed by atoms with Crippen LogP contribution in [0.2, 0.25) is 10.0 Å². The van der Waals surface area contributed by atoms with Crippen LogP contribution in [0.15, 0.2) is 42.5 Å². The number of ether oxygens (including phenoxy) is 1. The second-order valence-electron chi connectivity index (χ2n) is 4.95. The summed E-state index contributed by atoms with van der Waals surface area (Å²) in [4.78, 5) is 23.7. The Morgan fingerprint density at radius 2 is 1.48 bits per heavy atom. The number of benzene rings is 2. The quantitative estimate of drug-likeness (QED) is 0.728. The Kier molecular flexibility index (Phi) is 7.43. The van der Waals surface area contributed by atoms with E-state index in [9.17, 15) is 9.59 Å². The van der Waals surface area contributed by atoms with Crippen LogP contribution in [0.4, 0.5) is 11.4 Å². The Bertz CT molecular complexity index is 754. The molecule has 132 valence electrons. The second-order valence-corrected chi connectivity index (χ2v) is 6.75. The molecular weight excluding hydrogens is 383 g/mol. The van der Waals surface area contributed by atoms with Gasteiger partial charge in [0.2, 0.25) is 11.8 Å². The molecule has 0 atom stereocenters. The number of anilines is 2. The molecule has 2 aromatic carbocycles. The average Bonchev–Trinajstić information content (AvgIpc) is 2.59. The van der Waals surface area contributed by atoms with Crippen LogP contribution >= 0.6 is 35.0 Å². The van der Waals surface area contributed by atoms with Crippen molar-refractivity contribution in [2.24, 2.45) is 0 Å². The van der Waals surface area contributed by atoms with E-state index in [0.29, 0.717) is 27.2 Å². The van der Waals surface area contributed by atoms with Crippen molar-refractivity contribution in [2.45, 2.75) is 0 Å². The van der Waals surface area contributed by atoms with Gasteiger partial charge >= 0.3 is 0 Å². The molecule has 0 spiro atoms. The average molecular weight is 399 g/mol. The smallest absolute Gasteiger partial charge is 0.234 e. The zero-order valence-electron chi connectivity index (χ0n) is 13.3. The van der Waals surface area contributed by atoms with E-state index in [1.165, 1.54) is 11.8 Å². The molecule has 0 aliphatic rings. The normalized spacial score (nSPS) is 10.2. The van der Waals surface area contributed by atoms with Crippen LogP contribution in [0.1, 0.15) is 0 Å². The fourth-order valence-corrected chi connectivity index (χ4v) is 2.79. The molecule has 0 aliphatic heterocycles. The lowest BCUT2D eigenvalue weighted by Crippen LogP contribution is -2.18. The Balaban J connectivity index is 1.72. The van der Waals surface area contributed by atoms with Crippen LogP contribution in [0, 0.1) is 0 Å². The molecule has 8 heteroatoms. The van der Waals surface area contributed by atoms with Gasteiger partial charge in [0.25, 0.3) is 0 Å². The van der Waals surface area contributed by atoms with Gasteiger partial charge in [-0.1, -0.05) is 23.2 Å². The van der Waals surface area contributed by atoms with Crippen molar-refractivity contribution in [3.8, 4) is 5.75 Å². The SMILES string of the molecule is COc1ccc(NC(=O)CSCC(=O)Nc2ccc(Cl)c(Cl)c2)cc1. The van der Waals surface area contributed by atoms with Gasteiger partial charge < -0.3 is 15.4 Å². The molecule has 2 rings (SSSR count). The Morgan fingerprint density at radius 3 is 2.04 bits per heavy atom. The van der Waals surface area contributed by atoms with Crippen LogP contribution < -0.4 is 15.4 Å². The van der Waals surface area contributed by atoms with Crippen LogP contribution in [-0.2, 0) is 9.59 Å². The van der Waals surface area contributed by atoms with Crippen LogP contribution in [0.3, 0.4) is 0 Å². The molecule has 0 aromatic heterocycles. The number of halogens is 2. The molecule has 5 nitrogen and oxygen atoms in total. The number of methoxy groups -OCH3 is 1. The van der Waals surface area contributed by atoms with Gasteiger partial charge in [-0.3, -0.25) is 9.59 Å². The first kappa shape index (κ1) is 19.4. The maximum Gasteiger partial charge on any atom is 0.234 e. The van der Waals surface area contributed by atoms with Gasteiger partial charge in [0.05, 0.1) is 28.7 Å². The second kappa shape index (κ2) is 9.56. The first-order chi connectivity index (χ1) is 12.0. The number of rotatable bonds is 7. The van der Waals surface area contributed by atoms with Crippen molar-refractivity contribution < 1.29 is 14.3 Å². The lowest BCUT2D eigenvalue weighted by atomic mass is 10.3. The summed E-state index contributed by atoms with van der Waals surface area (Å²) < 4.78 is 5.05. The summed E-state index contributed by atoms with van der Waals surface area (Å²) in [5, 5.41) is 6.24. The number of amides is 2. The third-order valence-corrected chi connectivity index (χ3v) is 4.72. The zero-order chi connectivity index (χ0) is 18.2. The van der Waals surface area contributed by atoms with Gasteiger partial charge in [-0.25, -0.2) is 0 Å². The van der Waals surface area contributed by atoms with Gasteiger partial charge in [0.1, 0.15) is 5.75 Å². The molecule has 2 N–H and O–H groups in total. The van der Waals surface area contributed by atoms with Crippen LogP contribution in [0.25, 0.3) is 0 Å². The maximum absolute atomic E-state index is 11.9. The summed E-state index contributed by atoms with van der Waals surface area (Å²) in [5.74, 6) is 0.626. The van der Waals surface area contributed by atoms with E-state index in [-0.39, 0.29) is 23.3 Å². The van der Waals surface area contributed by atoms with E-state index in [1.807, 2.05) is 0 Å². The predicted octanol–water partition coefficient (Wildman–Crippen LogP) is 4.31. The largest absolute Gasteiger partial charge is 0.497 e. The molecule has 0 aliphatic carbocycles. The van der Waals surface area contributed by atoms with E-state index in [4.69, 9.17) is 27.9 Å². The van der Waals surface area contributed by atoms with Crippen molar-refractivity contribution in [2.75, 3.05) is 29.2 Å². The topological polar surface area (TPSA) is 67.4 Å². The summed E-state index contributed by atoms with van der Waals surface area (Å²) in [6.45, 7) is 0. The zero-order valence-corrected chi connectivity index (χ0v) is 15.7. The Labute approximate surface area is 160 Å². The standard InChI is InChI=1S/C17H16Cl2N2O3S/c1-24-13-5-2-11(3-6-13)20-16(22)9-25-10-17(23)21-12-4-7-14(18)15(19)8-12/h2-8H,9-10H2,1H3,(H,20,22)(H,21,23). The molecule has 2 aromatic rings. The lowest BCUT2D eigenvalue weighted by molar-refractivity contribution is -0.114. The summed E-state index contributed by atoms with van der Waals surface area (Å²) in [6.07, 6.45) is 0. The molecule has 0 fully saturated rings. The van der Waals surface area contributed by atoms with Crippen molar-refractivity contribution in [3.05, 3.63) is 52.5 Å². The molecule has 0 heterocycles. The van der Waals surface area contributed by atoms with Crippen LogP contribution in [-0.4, -0.2) is 30.4 Å². The van der Waals surface area contributed by atoms with E-state index < -0.39 is 0 Å². The third kappa shape index (κ3) is 6.49. The monoisotopic (exact) mass is 398 g/mol. The highest BCUT2D eigenvalue weighted by Crippen LogP contribution is 2.25. The molecule has 25 heavy (non-hydrogen) atoms. The number of nitrogens with one attached hydrogen (secondary N) is 2. The van der Waals surface area contributed by atoms with Crippen molar-refractivity contribution in [1.29, 1.82) is 0 Å². The molecule has 2 amide bonds. The van der Waals surface area contributed by atoms with Crippen molar-refractivity contribution in [1.82, 2.24) is 0 Å². The molecule has 0 bridgehead atoms. The molecule has 0 saturated carbocycles. The fourth-order valence-electron chi connectivity index (χ4n) is 1.88. The highest BCUT2D eigenvalue weighted by Gasteiger charge is 2.08. The number of thioether (sulfide) groups is 1. The number of carbonyl (C=O) groups is 2. The lowest BCUT2D eigenvalue weighted by Gasteiger charge is -2.07. The van der Waals surface area contributed by atoms with Crippen molar-refractivity contribution >= 4 is 58.2 Å². The van der Waals surface area contributed by atoms with Crippen LogP contribution in [0.5, 0.6) is 5.75 Å². The minimum atomic E-state index is -0.222. The first-order valence-corrected chi connectivity index (χ1v) is 9.15. The number of carbonyl (C=O) groups excluding carboxylic acids is 2. The molecular formula is C17H16Cl2N2O3S. The molecule has 0 radical (unpaired) electrons. The minimum Gasteiger partial charge on any atom is -0.497 e. The molecule has 0 unspecified atom stereocenters. The van der Waals surface area contributed by atoms with Gasteiger partial charge in [-0.05, 0) is 42.5 Å². The van der Waals surface area contributed by atoms with E-state index in [0.717, 1.165) is 0 Å². The first-order valence-electron chi connectivity index (χ1n) is 7.24. The Hall–Kier alpha value is -1.89. The predicted molar refractivity (Wildman–Crippen MR) is 104 cm³/mol. The van der Waals surface area contributed by atoms with Gasteiger partial charge in [-0.15, -0.1) is 11.8 Å². The van der Waals surface area contributed by atoms with E-state index in [2.05, 4.69) is 10.6 Å². The maximum atomic E-state index is 11.9. The highest BCUT2D eigenvalue weighted by atomic mass is 35.5. The minimum absolute atomic E-state index is 0.149. The van der Waals surface area contributed by atoms with Gasteiger partial charge in [0.15, 0.2) is 0 Å². The third-order valence-electron chi connectivity index (χ3n) is 3.04. The summed E-state index contributed by atoms with van der Waals surface area (Å²) in [7, 11) is 1.58. The van der Waals surface area contributed by atoms with E-state index >= 15 is 0 Å². The Morgan fingerprint density at radius 1 is 0.920 bits per heavy atom. The van der Waals surface area contributed by atoms with Gasteiger partial charge in [-0.2, -0.15) is 0 Å². The fraction of sp³-hybridized carbons (Fsp3) is 0.176. The van der Waals surface area contributed by atoms with Crippen molar-refractivity contribution in [3.63, 3.8) is 0 Å². The summed E-state index contributed by atoms with van der Waals surface area (Å²) in [6, 6.07) is 11.8. The number of hydrogen-bond acceptors (Lipinski definition) is 4. The number of hydrogen-bond donors (Lipinski definition) is 2. The summed E-state index contributed by atoms with van der Waals surface area (Å²) >= 11 is 12.9. The van der Waals surface area contributed by atoms with Gasteiger partial charge in [0, 0.05) is 11.4 Å². The van der Waals surface area contributed by atoms with E-state index in [1.54, 1.807) is 49.6 Å².